The standard InChI is InChI=1S/C23H40O3/c1-4-7-8-9-10-11-15-18-23(25-19-5-2,26-20-6-3)22(24)21-16-13-12-14-17-21/h12-14,16-17,22,24H,4-11,15,18-20H2,1-3H3. The highest BCUT2D eigenvalue weighted by Crippen LogP contribution is 2.36. The second kappa shape index (κ2) is 14.2. The van der Waals surface area contributed by atoms with Crippen molar-refractivity contribution in [3.8, 4) is 0 Å². The zero-order valence-corrected chi connectivity index (χ0v) is 17.2. The normalized spacial score (nSPS) is 13.1. The fraction of sp³-hybridized carbons (Fsp3) is 0.739. The molecule has 1 rings (SSSR count). The van der Waals surface area contributed by atoms with Crippen LogP contribution in [0.15, 0.2) is 30.3 Å². The minimum atomic E-state index is -0.934. The van der Waals surface area contributed by atoms with Crippen LogP contribution in [0.1, 0.15) is 96.6 Å². The van der Waals surface area contributed by atoms with E-state index in [0.29, 0.717) is 13.2 Å². The molecule has 150 valence electrons. The lowest BCUT2D eigenvalue weighted by molar-refractivity contribution is -0.290. The number of rotatable bonds is 16. The van der Waals surface area contributed by atoms with E-state index in [1.165, 1.54) is 32.1 Å². The van der Waals surface area contributed by atoms with Crippen molar-refractivity contribution in [2.75, 3.05) is 13.2 Å². The smallest absolute Gasteiger partial charge is 0.198 e. The van der Waals surface area contributed by atoms with Gasteiger partial charge >= 0.3 is 0 Å². The van der Waals surface area contributed by atoms with E-state index in [-0.39, 0.29) is 0 Å². The fourth-order valence-corrected chi connectivity index (χ4v) is 3.25. The Kier molecular flexibility index (Phi) is 12.6. The van der Waals surface area contributed by atoms with Crippen LogP contribution < -0.4 is 0 Å². The van der Waals surface area contributed by atoms with Gasteiger partial charge in [-0.2, -0.15) is 0 Å². The summed E-state index contributed by atoms with van der Waals surface area (Å²) in [5.41, 5.74) is 0.864. The molecule has 1 aromatic carbocycles. The van der Waals surface area contributed by atoms with Gasteiger partial charge < -0.3 is 14.6 Å². The van der Waals surface area contributed by atoms with Crippen LogP contribution in [0.25, 0.3) is 0 Å². The molecular weight excluding hydrogens is 324 g/mol. The Labute approximate surface area is 161 Å². The molecule has 0 aromatic heterocycles. The summed E-state index contributed by atoms with van der Waals surface area (Å²) in [7, 11) is 0. The first-order valence-corrected chi connectivity index (χ1v) is 10.7. The third kappa shape index (κ3) is 8.20. The van der Waals surface area contributed by atoms with E-state index >= 15 is 0 Å². The molecule has 26 heavy (non-hydrogen) atoms. The molecule has 1 unspecified atom stereocenters. The van der Waals surface area contributed by atoms with Crippen molar-refractivity contribution in [3.05, 3.63) is 35.9 Å². The first kappa shape index (κ1) is 23.1. The largest absolute Gasteiger partial charge is 0.383 e. The van der Waals surface area contributed by atoms with Gasteiger partial charge in [0.15, 0.2) is 5.79 Å². The third-order valence-electron chi connectivity index (χ3n) is 4.76. The Balaban J connectivity index is 2.74. The number of aliphatic hydroxyl groups excluding tert-OH is 1. The number of aliphatic hydroxyl groups is 1. The molecule has 0 aliphatic heterocycles. The van der Waals surface area contributed by atoms with Gasteiger partial charge in [0, 0.05) is 19.6 Å². The van der Waals surface area contributed by atoms with E-state index < -0.39 is 11.9 Å². The molecule has 3 heteroatoms. The van der Waals surface area contributed by atoms with E-state index in [4.69, 9.17) is 9.47 Å². The summed E-state index contributed by atoms with van der Waals surface area (Å²) in [4.78, 5) is 0. The second-order valence-electron chi connectivity index (χ2n) is 7.19. The quantitative estimate of drug-likeness (QED) is 0.272. The highest BCUT2D eigenvalue weighted by molar-refractivity contribution is 5.19. The third-order valence-corrected chi connectivity index (χ3v) is 4.76. The summed E-state index contributed by atoms with van der Waals surface area (Å²) in [5.74, 6) is -0.934. The van der Waals surface area contributed by atoms with Crippen LogP contribution in [0.3, 0.4) is 0 Å². The molecule has 0 spiro atoms. The number of benzene rings is 1. The zero-order chi connectivity index (χ0) is 19.1. The van der Waals surface area contributed by atoms with Gasteiger partial charge in [-0.15, -0.1) is 0 Å². The molecule has 0 radical (unpaired) electrons. The molecule has 3 nitrogen and oxygen atoms in total. The Hall–Kier alpha value is -0.900. The summed E-state index contributed by atoms with van der Waals surface area (Å²) < 4.78 is 12.3. The Morgan fingerprint density at radius 2 is 1.31 bits per heavy atom. The average Bonchev–Trinajstić information content (AvgIpc) is 2.69. The van der Waals surface area contributed by atoms with E-state index in [2.05, 4.69) is 20.8 Å². The molecule has 0 aliphatic rings. The van der Waals surface area contributed by atoms with Crippen molar-refractivity contribution in [2.45, 2.75) is 96.9 Å². The van der Waals surface area contributed by atoms with Gasteiger partial charge in [0.1, 0.15) is 6.10 Å². The predicted octanol–water partition coefficient (Wildman–Crippen LogP) is 6.41. The van der Waals surface area contributed by atoms with Crippen molar-refractivity contribution in [1.82, 2.24) is 0 Å². The van der Waals surface area contributed by atoms with Crippen LogP contribution in [0.2, 0.25) is 0 Å². The van der Waals surface area contributed by atoms with Crippen LogP contribution >= 0.6 is 0 Å². The first-order chi connectivity index (χ1) is 12.7. The van der Waals surface area contributed by atoms with E-state index in [1.807, 2.05) is 30.3 Å². The van der Waals surface area contributed by atoms with Crippen molar-refractivity contribution in [1.29, 1.82) is 0 Å². The van der Waals surface area contributed by atoms with Crippen LogP contribution in [-0.2, 0) is 9.47 Å². The average molecular weight is 365 g/mol. The Morgan fingerprint density at radius 3 is 1.85 bits per heavy atom. The molecule has 1 atom stereocenters. The molecule has 0 amide bonds. The number of ether oxygens (including phenoxy) is 2. The lowest BCUT2D eigenvalue weighted by Gasteiger charge is -2.38. The number of hydrogen-bond donors (Lipinski definition) is 1. The Bertz CT molecular complexity index is 424. The van der Waals surface area contributed by atoms with Crippen molar-refractivity contribution < 1.29 is 14.6 Å². The summed E-state index contributed by atoms with van der Waals surface area (Å²) in [6, 6.07) is 9.78. The molecule has 1 aromatic rings. The number of hydrogen-bond acceptors (Lipinski definition) is 3. The fourth-order valence-electron chi connectivity index (χ4n) is 3.25. The summed E-state index contributed by atoms with van der Waals surface area (Å²) in [6.45, 7) is 7.63. The minimum absolute atomic E-state index is 0.601. The minimum Gasteiger partial charge on any atom is -0.383 e. The maximum atomic E-state index is 11.1. The van der Waals surface area contributed by atoms with Crippen LogP contribution in [0.4, 0.5) is 0 Å². The predicted molar refractivity (Wildman–Crippen MR) is 109 cm³/mol. The Morgan fingerprint density at radius 1 is 0.769 bits per heavy atom. The van der Waals surface area contributed by atoms with Gasteiger partial charge in [-0.25, -0.2) is 0 Å². The number of unbranched alkanes of at least 4 members (excludes halogenated alkanes) is 6. The molecule has 0 saturated heterocycles. The molecule has 0 fully saturated rings. The summed E-state index contributed by atoms with van der Waals surface area (Å²) in [6.07, 6.45) is 10.5. The van der Waals surface area contributed by atoms with Crippen molar-refractivity contribution in [2.24, 2.45) is 0 Å². The highest BCUT2D eigenvalue weighted by atomic mass is 16.7. The lowest BCUT2D eigenvalue weighted by atomic mass is 9.95. The van der Waals surface area contributed by atoms with E-state index in [0.717, 1.165) is 37.7 Å². The lowest BCUT2D eigenvalue weighted by Crippen LogP contribution is -2.43. The monoisotopic (exact) mass is 364 g/mol. The van der Waals surface area contributed by atoms with Gasteiger partial charge in [0.2, 0.25) is 0 Å². The SMILES string of the molecule is CCCCCCCCCC(OCCC)(OCCC)C(O)c1ccccc1. The first-order valence-electron chi connectivity index (χ1n) is 10.7. The van der Waals surface area contributed by atoms with Crippen molar-refractivity contribution in [3.63, 3.8) is 0 Å². The van der Waals surface area contributed by atoms with Crippen LogP contribution in [0.5, 0.6) is 0 Å². The van der Waals surface area contributed by atoms with Gasteiger partial charge in [-0.3, -0.25) is 0 Å². The summed E-state index contributed by atoms with van der Waals surface area (Å²) in [5, 5.41) is 11.1. The maximum Gasteiger partial charge on any atom is 0.198 e. The second-order valence-corrected chi connectivity index (χ2v) is 7.19. The topological polar surface area (TPSA) is 38.7 Å². The molecule has 1 N–H and O–H groups in total. The molecule has 0 aliphatic carbocycles. The van der Waals surface area contributed by atoms with Crippen molar-refractivity contribution >= 4 is 0 Å². The molecule has 0 heterocycles. The molecule has 0 bridgehead atoms. The van der Waals surface area contributed by atoms with Gasteiger partial charge in [-0.05, 0) is 24.8 Å². The molecular formula is C23H40O3. The van der Waals surface area contributed by atoms with E-state index in [1.54, 1.807) is 0 Å². The molecule has 0 saturated carbocycles. The highest BCUT2D eigenvalue weighted by Gasteiger charge is 2.40. The van der Waals surface area contributed by atoms with Gasteiger partial charge in [0.25, 0.3) is 0 Å². The van der Waals surface area contributed by atoms with Crippen LogP contribution in [0, 0.1) is 0 Å². The van der Waals surface area contributed by atoms with Crippen LogP contribution in [-0.4, -0.2) is 24.1 Å². The zero-order valence-electron chi connectivity index (χ0n) is 17.2. The van der Waals surface area contributed by atoms with Gasteiger partial charge in [0.05, 0.1) is 0 Å². The maximum absolute atomic E-state index is 11.1. The van der Waals surface area contributed by atoms with Gasteiger partial charge in [-0.1, -0.05) is 89.6 Å². The summed E-state index contributed by atoms with van der Waals surface area (Å²) >= 11 is 0. The van der Waals surface area contributed by atoms with E-state index in [9.17, 15) is 5.11 Å².